The zero-order valence-electron chi connectivity index (χ0n) is 21.5. The van der Waals surface area contributed by atoms with Gasteiger partial charge >= 0.3 is 5.97 Å². The van der Waals surface area contributed by atoms with Gasteiger partial charge in [-0.1, -0.05) is 90.4 Å². The van der Waals surface area contributed by atoms with Crippen molar-refractivity contribution in [2.75, 3.05) is 39.6 Å². The molecule has 0 rings (SSSR count). The van der Waals surface area contributed by atoms with Gasteiger partial charge in [0.1, 0.15) is 24.9 Å². The minimum Gasteiger partial charge on any atom is -0.463 e. The topological polar surface area (TPSA) is 126 Å². The summed E-state index contributed by atoms with van der Waals surface area (Å²) in [6.07, 6.45) is 15.2. The average molecular weight is 493 g/mol. The Morgan fingerprint density at radius 3 is 1.41 bits per heavy atom. The van der Waals surface area contributed by atoms with Crippen LogP contribution >= 0.6 is 0 Å². The molecule has 3 atom stereocenters. The second-order valence-electron chi connectivity index (χ2n) is 9.25. The third kappa shape index (κ3) is 24.4. The summed E-state index contributed by atoms with van der Waals surface area (Å²) in [7, 11) is 0. The number of hydrogen-bond acceptors (Lipinski definition) is 8. The molecule has 0 aromatic carbocycles. The summed E-state index contributed by atoms with van der Waals surface area (Å²) in [5.74, 6) is -0.311. The van der Waals surface area contributed by atoms with Gasteiger partial charge in [0.05, 0.1) is 33.0 Å². The first-order chi connectivity index (χ1) is 16.5. The largest absolute Gasteiger partial charge is 0.463 e. The SMILES string of the molecule is CCCCCCCCCCCCCCCCC(=O)OCC(O)COCC(O)COCC(O)CO. The van der Waals surface area contributed by atoms with Gasteiger partial charge in [0, 0.05) is 6.42 Å². The molecule has 8 heteroatoms. The maximum absolute atomic E-state index is 11.8. The van der Waals surface area contributed by atoms with E-state index in [9.17, 15) is 15.0 Å². The van der Waals surface area contributed by atoms with Crippen LogP contribution in [0.2, 0.25) is 0 Å². The summed E-state index contributed by atoms with van der Waals surface area (Å²) in [6.45, 7) is 1.46. The van der Waals surface area contributed by atoms with Crippen molar-refractivity contribution >= 4 is 5.97 Å². The molecule has 0 aliphatic carbocycles. The molecule has 4 N–H and O–H groups in total. The lowest BCUT2D eigenvalue weighted by atomic mass is 10.0. The van der Waals surface area contributed by atoms with Crippen molar-refractivity contribution < 1.29 is 39.4 Å². The molecule has 8 nitrogen and oxygen atoms in total. The molecule has 0 amide bonds. The summed E-state index contributed by atoms with van der Waals surface area (Å²) in [5.41, 5.74) is 0. The van der Waals surface area contributed by atoms with Gasteiger partial charge in [-0.15, -0.1) is 0 Å². The van der Waals surface area contributed by atoms with Crippen LogP contribution in [0.3, 0.4) is 0 Å². The first-order valence-corrected chi connectivity index (χ1v) is 13.5. The molecular formula is C26H52O8. The van der Waals surface area contributed by atoms with Crippen LogP contribution in [0.15, 0.2) is 0 Å². The number of esters is 1. The minimum atomic E-state index is -0.978. The van der Waals surface area contributed by atoms with E-state index < -0.39 is 24.9 Å². The van der Waals surface area contributed by atoms with Gasteiger partial charge in [-0.25, -0.2) is 0 Å². The molecule has 34 heavy (non-hydrogen) atoms. The summed E-state index contributed by atoms with van der Waals surface area (Å²) < 4.78 is 15.3. The van der Waals surface area contributed by atoms with E-state index in [1.807, 2.05) is 0 Å². The average Bonchev–Trinajstić information content (AvgIpc) is 2.82. The molecule has 0 heterocycles. The number of carbonyl (C=O) groups excluding carboxylic acids is 1. The number of ether oxygens (including phenoxy) is 3. The highest BCUT2D eigenvalue weighted by Crippen LogP contribution is 2.13. The molecule has 204 valence electrons. The molecule has 0 aromatic heterocycles. The second kappa shape index (κ2) is 25.3. The van der Waals surface area contributed by atoms with Crippen LogP contribution in [0.4, 0.5) is 0 Å². The van der Waals surface area contributed by atoms with E-state index in [1.165, 1.54) is 70.6 Å². The monoisotopic (exact) mass is 492 g/mol. The maximum atomic E-state index is 11.8. The van der Waals surface area contributed by atoms with Gasteiger partial charge in [-0.3, -0.25) is 4.79 Å². The Hall–Kier alpha value is -0.770. The van der Waals surface area contributed by atoms with Crippen molar-refractivity contribution in [1.82, 2.24) is 0 Å². The smallest absolute Gasteiger partial charge is 0.305 e. The van der Waals surface area contributed by atoms with Crippen LogP contribution in [0.25, 0.3) is 0 Å². The van der Waals surface area contributed by atoms with E-state index >= 15 is 0 Å². The fourth-order valence-electron chi connectivity index (χ4n) is 3.55. The fraction of sp³-hybridized carbons (Fsp3) is 0.962. The standard InChI is InChI=1S/C26H52O8/c1-2-3-4-5-6-7-8-9-10-11-12-13-14-15-16-26(31)34-22-25(30)21-33-20-24(29)19-32-18-23(28)17-27/h23-25,27-30H,2-22H2,1H3. The van der Waals surface area contributed by atoms with Gasteiger partial charge < -0.3 is 34.6 Å². The molecule has 0 saturated heterocycles. The molecule has 0 aromatic rings. The van der Waals surface area contributed by atoms with Crippen molar-refractivity contribution in [2.24, 2.45) is 0 Å². The van der Waals surface area contributed by atoms with Gasteiger partial charge in [0.15, 0.2) is 0 Å². The van der Waals surface area contributed by atoms with Crippen LogP contribution < -0.4 is 0 Å². The van der Waals surface area contributed by atoms with Crippen molar-refractivity contribution in [2.45, 2.75) is 122 Å². The molecule has 0 radical (unpaired) electrons. The van der Waals surface area contributed by atoms with Crippen molar-refractivity contribution in [3.63, 3.8) is 0 Å². The number of carbonyl (C=O) groups is 1. The molecule has 0 spiro atoms. The van der Waals surface area contributed by atoms with Gasteiger partial charge in [-0.2, -0.15) is 0 Å². The third-order valence-corrected chi connectivity index (χ3v) is 5.62. The molecule has 0 bridgehead atoms. The van der Waals surface area contributed by atoms with E-state index in [-0.39, 0.29) is 39.0 Å². The minimum absolute atomic E-state index is 0.0542. The Balaban J connectivity index is 3.40. The van der Waals surface area contributed by atoms with Crippen LogP contribution in [0, 0.1) is 0 Å². The highest BCUT2D eigenvalue weighted by molar-refractivity contribution is 5.69. The van der Waals surface area contributed by atoms with E-state index in [1.54, 1.807) is 0 Å². The Labute approximate surface area is 207 Å². The van der Waals surface area contributed by atoms with Crippen LogP contribution in [-0.2, 0) is 19.0 Å². The van der Waals surface area contributed by atoms with Gasteiger partial charge in [-0.05, 0) is 6.42 Å². The van der Waals surface area contributed by atoms with Crippen LogP contribution in [0.5, 0.6) is 0 Å². The molecule has 0 fully saturated rings. The lowest BCUT2D eigenvalue weighted by Gasteiger charge is -2.15. The normalized spacial score (nSPS) is 14.1. The second-order valence-corrected chi connectivity index (χ2v) is 9.25. The summed E-state index contributed by atoms with van der Waals surface area (Å²) in [6, 6.07) is 0. The molecule has 0 saturated carbocycles. The first kappa shape index (κ1) is 33.2. The van der Waals surface area contributed by atoms with Crippen LogP contribution in [-0.4, -0.2) is 84.3 Å². The number of aliphatic hydroxyl groups excluding tert-OH is 4. The summed E-state index contributed by atoms with van der Waals surface area (Å²) in [4.78, 5) is 11.8. The lowest BCUT2D eigenvalue weighted by Crippen LogP contribution is -2.29. The van der Waals surface area contributed by atoms with E-state index in [2.05, 4.69) is 6.92 Å². The zero-order chi connectivity index (χ0) is 25.3. The van der Waals surface area contributed by atoms with Crippen molar-refractivity contribution in [1.29, 1.82) is 0 Å². The predicted molar refractivity (Wildman–Crippen MR) is 133 cm³/mol. The fourth-order valence-corrected chi connectivity index (χ4v) is 3.55. The zero-order valence-corrected chi connectivity index (χ0v) is 21.5. The predicted octanol–water partition coefficient (Wildman–Crippen LogP) is 3.51. The first-order valence-electron chi connectivity index (χ1n) is 13.5. The Kier molecular flexibility index (Phi) is 24.8. The lowest BCUT2D eigenvalue weighted by molar-refractivity contribution is -0.148. The van der Waals surface area contributed by atoms with Crippen LogP contribution in [0.1, 0.15) is 103 Å². The van der Waals surface area contributed by atoms with Crippen molar-refractivity contribution in [3.05, 3.63) is 0 Å². The van der Waals surface area contributed by atoms with Crippen molar-refractivity contribution in [3.8, 4) is 0 Å². The molecular weight excluding hydrogens is 440 g/mol. The number of rotatable bonds is 26. The number of unbranched alkanes of at least 4 members (excludes halogenated alkanes) is 13. The summed E-state index contributed by atoms with van der Waals surface area (Å²) >= 11 is 0. The van der Waals surface area contributed by atoms with E-state index in [0.717, 1.165) is 19.3 Å². The highest BCUT2D eigenvalue weighted by atomic mass is 16.6. The number of hydrogen-bond donors (Lipinski definition) is 4. The third-order valence-electron chi connectivity index (χ3n) is 5.62. The Morgan fingerprint density at radius 1 is 0.588 bits per heavy atom. The van der Waals surface area contributed by atoms with E-state index in [0.29, 0.717) is 6.42 Å². The summed E-state index contributed by atoms with van der Waals surface area (Å²) in [5, 5.41) is 37.2. The molecule has 3 unspecified atom stereocenters. The van der Waals surface area contributed by atoms with Gasteiger partial charge in [0.25, 0.3) is 0 Å². The maximum Gasteiger partial charge on any atom is 0.305 e. The van der Waals surface area contributed by atoms with E-state index in [4.69, 9.17) is 24.4 Å². The Bertz CT molecular complexity index is 435. The van der Waals surface area contributed by atoms with Gasteiger partial charge in [0.2, 0.25) is 0 Å². The number of aliphatic hydroxyl groups is 4. The molecule has 0 aliphatic rings. The molecule has 0 aliphatic heterocycles. The quantitative estimate of drug-likeness (QED) is 0.107. The Morgan fingerprint density at radius 2 is 0.971 bits per heavy atom. The highest BCUT2D eigenvalue weighted by Gasteiger charge is 2.12.